The fourth-order valence-corrected chi connectivity index (χ4v) is 4.09. The molecule has 5 heteroatoms. The molecule has 1 aromatic rings. The quantitative estimate of drug-likeness (QED) is 0.874. The molecule has 2 aliphatic carbocycles. The number of aromatic nitrogens is 1. The van der Waals surface area contributed by atoms with Crippen molar-refractivity contribution in [2.45, 2.75) is 45.1 Å². The van der Waals surface area contributed by atoms with E-state index in [9.17, 15) is 9.59 Å². The van der Waals surface area contributed by atoms with Gasteiger partial charge in [-0.25, -0.2) is 0 Å². The van der Waals surface area contributed by atoms with Gasteiger partial charge in [0.2, 0.25) is 5.91 Å². The molecule has 3 rings (SSSR count). The number of hydrogen-bond donors (Lipinski definition) is 2. The second-order valence-electron chi connectivity index (χ2n) is 7.01. The number of hydrogen-bond acceptors (Lipinski definition) is 3. The molecule has 1 amide bonds. The first-order valence-electron chi connectivity index (χ1n) is 8.19. The first-order chi connectivity index (χ1) is 10.5. The molecule has 2 unspecified atom stereocenters. The van der Waals surface area contributed by atoms with E-state index in [0.717, 1.165) is 36.9 Å². The number of nitrogens with one attached hydrogen (secondary N) is 1. The standard InChI is InChI=1S/C17H25N3O2/c1-10-6-15(21)20(2)9-14(10)19-17(22)13-7-11-4-3-5-12(8-13)16(11)18/h6,9,11-13,16H,3-5,7-8,18H2,1-2H3,(H,19,22). The molecule has 0 saturated heterocycles. The lowest BCUT2D eigenvalue weighted by Crippen LogP contribution is -2.48. The fraction of sp³-hybridized carbons (Fsp3) is 0.647. The van der Waals surface area contributed by atoms with Crippen LogP contribution in [0.25, 0.3) is 0 Å². The number of fused-ring (bicyclic) bond motifs is 2. The molecular weight excluding hydrogens is 278 g/mol. The minimum absolute atomic E-state index is 0.0479. The van der Waals surface area contributed by atoms with Crippen LogP contribution in [-0.4, -0.2) is 16.5 Å². The summed E-state index contributed by atoms with van der Waals surface area (Å²) in [5, 5.41) is 3.01. The van der Waals surface area contributed by atoms with E-state index in [-0.39, 0.29) is 23.4 Å². The normalized spacial score (nSPS) is 30.9. The molecule has 2 saturated carbocycles. The predicted molar refractivity (Wildman–Crippen MR) is 86.6 cm³/mol. The van der Waals surface area contributed by atoms with Gasteiger partial charge in [0.25, 0.3) is 5.56 Å². The second-order valence-corrected chi connectivity index (χ2v) is 7.01. The highest BCUT2D eigenvalue weighted by Gasteiger charge is 2.40. The van der Waals surface area contributed by atoms with Gasteiger partial charge < -0.3 is 15.6 Å². The molecule has 0 radical (unpaired) electrons. The van der Waals surface area contributed by atoms with Gasteiger partial charge in [0.05, 0.1) is 5.69 Å². The van der Waals surface area contributed by atoms with E-state index in [0.29, 0.717) is 11.8 Å². The molecule has 2 bridgehead atoms. The van der Waals surface area contributed by atoms with Gasteiger partial charge in [-0.1, -0.05) is 6.42 Å². The number of carbonyl (C=O) groups is 1. The second kappa shape index (κ2) is 5.88. The van der Waals surface area contributed by atoms with Crippen molar-refractivity contribution in [2.75, 3.05) is 5.32 Å². The highest BCUT2D eigenvalue weighted by molar-refractivity contribution is 5.93. The molecule has 2 aliphatic rings. The number of nitrogens with zero attached hydrogens (tertiary/aromatic N) is 1. The van der Waals surface area contributed by atoms with Crippen molar-refractivity contribution in [2.24, 2.45) is 30.5 Å². The topological polar surface area (TPSA) is 77.1 Å². The van der Waals surface area contributed by atoms with Gasteiger partial charge in [-0.15, -0.1) is 0 Å². The zero-order valence-corrected chi connectivity index (χ0v) is 13.3. The van der Waals surface area contributed by atoms with Crippen molar-refractivity contribution in [3.05, 3.63) is 28.2 Å². The number of amides is 1. The molecular formula is C17H25N3O2. The van der Waals surface area contributed by atoms with Crippen LogP contribution < -0.4 is 16.6 Å². The number of rotatable bonds is 2. The van der Waals surface area contributed by atoms with E-state index < -0.39 is 0 Å². The van der Waals surface area contributed by atoms with E-state index in [1.807, 2.05) is 6.92 Å². The van der Waals surface area contributed by atoms with Gasteiger partial charge in [0.15, 0.2) is 0 Å². The summed E-state index contributed by atoms with van der Waals surface area (Å²) in [5.74, 6) is 1.10. The van der Waals surface area contributed by atoms with Gasteiger partial charge in [-0.2, -0.15) is 0 Å². The maximum Gasteiger partial charge on any atom is 0.250 e. The number of anilines is 1. The van der Waals surface area contributed by atoms with Crippen molar-refractivity contribution in [3.63, 3.8) is 0 Å². The van der Waals surface area contributed by atoms with Gasteiger partial charge in [-0.05, 0) is 50.0 Å². The van der Waals surface area contributed by atoms with E-state index >= 15 is 0 Å². The number of pyridine rings is 1. The minimum atomic E-state index is -0.0614. The van der Waals surface area contributed by atoms with Crippen LogP contribution in [0.1, 0.15) is 37.7 Å². The van der Waals surface area contributed by atoms with Crippen LogP contribution in [0.3, 0.4) is 0 Å². The van der Waals surface area contributed by atoms with Crippen molar-refractivity contribution in [1.29, 1.82) is 0 Å². The zero-order chi connectivity index (χ0) is 15.9. The lowest BCUT2D eigenvalue weighted by atomic mass is 9.65. The zero-order valence-electron chi connectivity index (χ0n) is 13.3. The van der Waals surface area contributed by atoms with Crippen LogP contribution in [-0.2, 0) is 11.8 Å². The van der Waals surface area contributed by atoms with Crippen LogP contribution in [0.2, 0.25) is 0 Å². The largest absolute Gasteiger partial charge is 0.327 e. The lowest BCUT2D eigenvalue weighted by Gasteiger charge is -2.43. The average Bonchev–Trinajstić information content (AvgIpc) is 2.44. The van der Waals surface area contributed by atoms with Gasteiger partial charge >= 0.3 is 0 Å². The highest BCUT2D eigenvalue weighted by atomic mass is 16.2. The third-order valence-electron chi connectivity index (χ3n) is 5.48. The maximum absolute atomic E-state index is 12.6. The molecule has 2 fully saturated rings. The third kappa shape index (κ3) is 2.82. The Labute approximate surface area is 130 Å². The van der Waals surface area contributed by atoms with Crippen molar-refractivity contribution in [3.8, 4) is 0 Å². The van der Waals surface area contributed by atoms with E-state index in [4.69, 9.17) is 5.73 Å². The van der Waals surface area contributed by atoms with E-state index in [1.54, 1.807) is 19.3 Å². The van der Waals surface area contributed by atoms with Gasteiger partial charge in [0, 0.05) is 31.3 Å². The third-order valence-corrected chi connectivity index (χ3v) is 5.48. The number of carbonyl (C=O) groups excluding carboxylic acids is 1. The summed E-state index contributed by atoms with van der Waals surface area (Å²) in [5.41, 5.74) is 7.77. The fourth-order valence-electron chi connectivity index (χ4n) is 4.09. The maximum atomic E-state index is 12.6. The predicted octanol–water partition coefficient (Wildman–Crippen LogP) is 1.79. The molecule has 22 heavy (non-hydrogen) atoms. The first kappa shape index (κ1) is 15.3. The summed E-state index contributed by atoms with van der Waals surface area (Å²) in [6, 6.07) is 1.83. The van der Waals surface area contributed by atoms with Crippen molar-refractivity contribution < 1.29 is 4.79 Å². The van der Waals surface area contributed by atoms with E-state index in [1.165, 1.54) is 11.0 Å². The summed E-state index contributed by atoms with van der Waals surface area (Å²) in [6.45, 7) is 1.85. The van der Waals surface area contributed by atoms with Crippen LogP contribution in [0.5, 0.6) is 0 Å². The molecule has 2 atom stereocenters. The number of aryl methyl sites for hydroxylation is 2. The van der Waals surface area contributed by atoms with Crippen LogP contribution in [0.4, 0.5) is 5.69 Å². The Kier molecular flexibility index (Phi) is 4.08. The average molecular weight is 303 g/mol. The summed E-state index contributed by atoms with van der Waals surface area (Å²) < 4.78 is 1.49. The Bertz CT molecular complexity index is 623. The molecule has 1 aromatic heterocycles. The Morgan fingerprint density at radius 2 is 1.95 bits per heavy atom. The van der Waals surface area contributed by atoms with Gasteiger partial charge in [-0.3, -0.25) is 9.59 Å². The minimum Gasteiger partial charge on any atom is -0.327 e. The summed E-state index contributed by atoms with van der Waals surface area (Å²) in [4.78, 5) is 24.2. The lowest BCUT2D eigenvalue weighted by molar-refractivity contribution is -0.122. The Hall–Kier alpha value is -1.62. The molecule has 5 nitrogen and oxygen atoms in total. The first-order valence-corrected chi connectivity index (χ1v) is 8.19. The Morgan fingerprint density at radius 1 is 1.32 bits per heavy atom. The SMILES string of the molecule is Cc1cc(=O)n(C)cc1NC(=O)C1CC2CCCC(C1)C2N. The molecule has 3 N–H and O–H groups in total. The smallest absolute Gasteiger partial charge is 0.250 e. The van der Waals surface area contributed by atoms with E-state index in [2.05, 4.69) is 5.32 Å². The summed E-state index contributed by atoms with van der Waals surface area (Å²) in [6.07, 6.45) is 7.05. The van der Waals surface area contributed by atoms with Gasteiger partial charge in [0.1, 0.15) is 0 Å². The molecule has 0 aliphatic heterocycles. The monoisotopic (exact) mass is 303 g/mol. The Balaban J connectivity index is 1.73. The Morgan fingerprint density at radius 3 is 2.59 bits per heavy atom. The summed E-state index contributed by atoms with van der Waals surface area (Å²) in [7, 11) is 1.70. The number of nitrogens with two attached hydrogens (primary N) is 1. The summed E-state index contributed by atoms with van der Waals surface area (Å²) >= 11 is 0. The molecule has 120 valence electrons. The van der Waals surface area contributed by atoms with Crippen LogP contribution in [0.15, 0.2) is 17.1 Å². The van der Waals surface area contributed by atoms with Crippen molar-refractivity contribution >= 4 is 11.6 Å². The van der Waals surface area contributed by atoms with Crippen LogP contribution in [0, 0.1) is 24.7 Å². The molecule has 0 spiro atoms. The highest BCUT2D eigenvalue weighted by Crippen LogP contribution is 2.42. The van der Waals surface area contributed by atoms with Crippen LogP contribution >= 0.6 is 0 Å². The molecule has 1 heterocycles. The van der Waals surface area contributed by atoms with Crippen molar-refractivity contribution in [1.82, 2.24) is 4.57 Å². The molecule has 0 aromatic carbocycles.